The zero-order chi connectivity index (χ0) is 9.84. The highest BCUT2D eigenvalue weighted by atomic mass is 35.5. The van der Waals surface area contributed by atoms with Crippen LogP contribution in [0, 0.1) is 5.82 Å². The maximum Gasteiger partial charge on any atom is 0.124 e. The van der Waals surface area contributed by atoms with Gasteiger partial charge in [0, 0.05) is 5.56 Å². The van der Waals surface area contributed by atoms with Gasteiger partial charge in [0.25, 0.3) is 0 Å². The minimum atomic E-state index is -0.362. The number of oxime groups is 1. The minimum absolute atomic E-state index is 0.332. The van der Waals surface area contributed by atoms with E-state index in [-0.39, 0.29) is 5.82 Å². The first-order valence-corrected chi connectivity index (χ1v) is 4.06. The summed E-state index contributed by atoms with van der Waals surface area (Å²) in [5.41, 5.74) is 1.29. The molecular formula is C9H9ClFNO. The van der Waals surface area contributed by atoms with Gasteiger partial charge in [-0.05, 0) is 25.1 Å². The van der Waals surface area contributed by atoms with Crippen LogP contribution in [0.15, 0.2) is 23.4 Å². The van der Waals surface area contributed by atoms with Crippen molar-refractivity contribution in [2.24, 2.45) is 5.16 Å². The summed E-state index contributed by atoms with van der Waals surface area (Å²) in [6.45, 7) is 1.74. The van der Waals surface area contributed by atoms with Gasteiger partial charge in [0.2, 0.25) is 0 Å². The number of nitrogens with zero attached hydrogens (tertiary/aromatic N) is 1. The van der Waals surface area contributed by atoms with Crippen LogP contribution < -0.4 is 0 Å². The molecule has 1 aromatic carbocycles. The maximum atomic E-state index is 12.6. The first-order valence-electron chi connectivity index (χ1n) is 3.68. The molecule has 0 N–H and O–H groups in total. The molecule has 0 atom stereocenters. The van der Waals surface area contributed by atoms with Gasteiger partial charge in [-0.2, -0.15) is 0 Å². The molecule has 0 unspecified atom stereocenters. The first-order chi connectivity index (χ1) is 6.15. The SMILES string of the molecule is CO/N=C(/C)c1ccc(F)cc1Cl. The van der Waals surface area contributed by atoms with Gasteiger partial charge < -0.3 is 4.84 Å². The van der Waals surface area contributed by atoms with Crippen LogP contribution in [-0.2, 0) is 4.84 Å². The van der Waals surface area contributed by atoms with Crippen LogP contribution in [0.4, 0.5) is 4.39 Å². The number of benzene rings is 1. The molecular weight excluding hydrogens is 193 g/mol. The molecule has 0 saturated heterocycles. The molecule has 0 aliphatic heterocycles. The highest BCUT2D eigenvalue weighted by Crippen LogP contribution is 2.17. The molecule has 4 heteroatoms. The van der Waals surface area contributed by atoms with Crippen molar-refractivity contribution in [3.63, 3.8) is 0 Å². The fraction of sp³-hybridized carbons (Fsp3) is 0.222. The van der Waals surface area contributed by atoms with Crippen LogP contribution in [0.3, 0.4) is 0 Å². The summed E-state index contributed by atoms with van der Waals surface area (Å²) >= 11 is 5.78. The Morgan fingerprint density at radius 2 is 2.23 bits per heavy atom. The zero-order valence-corrected chi connectivity index (χ0v) is 8.10. The van der Waals surface area contributed by atoms with Crippen LogP contribution in [-0.4, -0.2) is 12.8 Å². The highest BCUT2D eigenvalue weighted by Gasteiger charge is 2.04. The van der Waals surface area contributed by atoms with E-state index in [9.17, 15) is 4.39 Å². The number of rotatable bonds is 2. The molecule has 0 amide bonds. The molecule has 1 rings (SSSR count). The second-order valence-corrected chi connectivity index (χ2v) is 2.89. The summed E-state index contributed by atoms with van der Waals surface area (Å²) in [6.07, 6.45) is 0. The predicted molar refractivity (Wildman–Crippen MR) is 50.6 cm³/mol. The summed E-state index contributed by atoms with van der Waals surface area (Å²) in [6, 6.07) is 4.14. The Bertz CT molecular complexity index is 338. The van der Waals surface area contributed by atoms with Gasteiger partial charge in [-0.25, -0.2) is 4.39 Å². The van der Waals surface area contributed by atoms with E-state index in [0.29, 0.717) is 16.3 Å². The van der Waals surface area contributed by atoms with E-state index in [1.807, 2.05) is 0 Å². The second kappa shape index (κ2) is 4.23. The van der Waals surface area contributed by atoms with Crippen LogP contribution in [0.2, 0.25) is 5.02 Å². The molecule has 0 fully saturated rings. The average Bonchev–Trinajstić information content (AvgIpc) is 2.04. The molecule has 70 valence electrons. The van der Waals surface area contributed by atoms with Gasteiger partial charge in [-0.3, -0.25) is 0 Å². The van der Waals surface area contributed by atoms with Crippen LogP contribution in [0.5, 0.6) is 0 Å². The predicted octanol–water partition coefficient (Wildman–Crippen LogP) is 2.85. The molecule has 0 aliphatic carbocycles. The molecule has 0 aliphatic rings. The van der Waals surface area contributed by atoms with E-state index in [2.05, 4.69) is 9.99 Å². The lowest BCUT2D eigenvalue weighted by Gasteiger charge is -2.02. The maximum absolute atomic E-state index is 12.6. The van der Waals surface area contributed by atoms with E-state index in [0.717, 1.165) is 0 Å². The molecule has 0 aromatic heterocycles. The lowest BCUT2D eigenvalue weighted by Crippen LogP contribution is -1.96. The molecule has 0 spiro atoms. The third-order valence-corrected chi connectivity index (χ3v) is 1.86. The third-order valence-electron chi connectivity index (χ3n) is 1.55. The van der Waals surface area contributed by atoms with E-state index in [1.165, 1.54) is 19.2 Å². The molecule has 0 bridgehead atoms. The summed E-state index contributed by atoms with van der Waals surface area (Å²) in [5.74, 6) is -0.362. The Morgan fingerprint density at radius 3 is 2.77 bits per heavy atom. The highest BCUT2D eigenvalue weighted by molar-refractivity contribution is 6.34. The van der Waals surface area contributed by atoms with Crippen LogP contribution in [0.25, 0.3) is 0 Å². The van der Waals surface area contributed by atoms with E-state index < -0.39 is 0 Å². The quantitative estimate of drug-likeness (QED) is 0.533. The van der Waals surface area contributed by atoms with Crippen molar-refractivity contribution in [2.75, 3.05) is 7.11 Å². The third kappa shape index (κ3) is 2.42. The van der Waals surface area contributed by atoms with Crippen molar-refractivity contribution in [1.29, 1.82) is 0 Å². The fourth-order valence-corrected chi connectivity index (χ4v) is 1.27. The largest absolute Gasteiger partial charge is 0.399 e. The van der Waals surface area contributed by atoms with E-state index in [1.54, 1.807) is 13.0 Å². The topological polar surface area (TPSA) is 21.6 Å². The van der Waals surface area contributed by atoms with Gasteiger partial charge >= 0.3 is 0 Å². The zero-order valence-electron chi connectivity index (χ0n) is 7.34. The Balaban J connectivity index is 3.09. The average molecular weight is 202 g/mol. The summed E-state index contributed by atoms with van der Waals surface area (Å²) < 4.78 is 12.6. The minimum Gasteiger partial charge on any atom is -0.399 e. The number of hydrogen-bond donors (Lipinski definition) is 0. The van der Waals surface area contributed by atoms with Crippen molar-refractivity contribution in [3.05, 3.63) is 34.6 Å². The fourth-order valence-electron chi connectivity index (χ4n) is 0.969. The Kier molecular flexibility index (Phi) is 3.25. The van der Waals surface area contributed by atoms with Crippen molar-refractivity contribution >= 4 is 17.3 Å². The van der Waals surface area contributed by atoms with Crippen LogP contribution >= 0.6 is 11.6 Å². The first kappa shape index (κ1) is 9.99. The van der Waals surface area contributed by atoms with Crippen molar-refractivity contribution < 1.29 is 9.23 Å². The molecule has 2 nitrogen and oxygen atoms in total. The standard InChI is InChI=1S/C9H9ClFNO/c1-6(12-13-2)8-4-3-7(11)5-9(8)10/h3-5H,1-2H3/b12-6-. The Morgan fingerprint density at radius 1 is 1.54 bits per heavy atom. The number of hydrogen-bond acceptors (Lipinski definition) is 2. The summed E-state index contributed by atoms with van der Waals surface area (Å²) in [7, 11) is 1.45. The molecule has 13 heavy (non-hydrogen) atoms. The monoisotopic (exact) mass is 201 g/mol. The summed E-state index contributed by atoms with van der Waals surface area (Å²) in [5, 5.41) is 4.03. The van der Waals surface area contributed by atoms with Gasteiger partial charge in [0.05, 0.1) is 10.7 Å². The normalized spacial score (nSPS) is 11.5. The van der Waals surface area contributed by atoms with Gasteiger partial charge in [0.1, 0.15) is 12.9 Å². The molecule has 0 heterocycles. The van der Waals surface area contributed by atoms with Crippen molar-refractivity contribution in [3.8, 4) is 0 Å². The Hall–Kier alpha value is -1.09. The van der Waals surface area contributed by atoms with Crippen molar-refractivity contribution in [1.82, 2.24) is 0 Å². The van der Waals surface area contributed by atoms with Gasteiger partial charge in [-0.15, -0.1) is 0 Å². The number of halogens is 2. The van der Waals surface area contributed by atoms with Gasteiger partial charge in [0.15, 0.2) is 0 Å². The Labute approximate surface area is 81.0 Å². The van der Waals surface area contributed by atoms with Crippen molar-refractivity contribution in [2.45, 2.75) is 6.92 Å². The van der Waals surface area contributed by atoms with Crippen LogP contribution in [0.1, 0.15) is 12.5 Å². The van der Waals surface area contributed by atoms with Gasteiger partial charge in [-0.1, -0.05) is 16.8 Å². The second-order valence-electron chi connectivity index (χ2n) is 2.48. The molecule has 1 aromatic rings. The van der Waals surface area contributed by atoms with E-state index >= 15 is 0 Å². The van der Waals surface area contributed by atoms with E-state index in [4.69, 9.17) is 11.6 Å². The lowest BCUT2D eigenvalue weighted by atomic mass is 10.1. The summed E-state index contributed by atoms with van der Waals surface area (Å²) in [4.78, 5) is 4.58. The smallest absolute Gasteiger partial charge is 0.124 e. The molecule has 0 saturated carbocycles. The lowest BCUT2D eigenvalue weighted by molar-refractivity contribution is 0.213. The molecule has 0 radical (unpaired) electrons.